The van der Waals surface area contributed by atoms with Gasteiger partial charge in [0.25, 0.3) is 0 Å². The molecule has 8 aromatic carbocycles. The Labute approximate surface area is 304 Å². The monoisotopic (exact) mass is 682 g/mol. The normalized spacial score (nSPS) is 14.2. The maximum absolute atomic E-state index is 6.99. The van der Waals surface area contributed by atoms with E-state index in [0.717, 1.165) is 60.4 Å². The van der Waals surface area contributed by atoms with Gasteiger partial charge in [-0.2, -0.15) is 0 Å². The number of fused-ring (bicyclic) bond motifs is 8. The van der Waals surface area contributed by atoms with E-state index >= 15 is 0 Å². The van der Waals surface area contributed by atoms with E-state index in [9.17, 15) is 0 Å². The van der Waals surface area contributed by atoms with Crippen molar-refractivity contribution in [2.75, 3.05) is 5.32 Å². The van der Waals surface area contributed by atoms with Crippen molar-refractivity contribution in [1.82, 2.24) is 0 Å². The zero-order valence-corrected chi connectivity index (χ0v) is 28.8. The van der Waals surface area contributed by atoms with E-state index in [4.69, 9.17) is 9.41 Å². The van der Waals surface area contributed by atoms with E-state index in [-0.39, 0.29) is 6.04 Å². The van der Waals surface area contributed by atoms with E-state index in [1.807, 2.05) is 0 Å². The minimum Gasteiger partial charge on any atom is -0.455 e. The fourth-order valence-corrected chi connectivity index (χ4v) is 9.21. The van der Waals surface area contributed by atoms with Crippen molar-refractivity contribution in [2.24, 2.45) is 4.99 Å². The number of anilines is 1. The van der Waals surface area contributed by atoms with Crippen LogP contribution in [0.1, 0.15) is 22.7 Å². The number of furan rings is 1. The molecule has 3 nitrogen and oxygen atoms in total. The summed E-state index contributed by atoms with van der Waals surface area (Å²) in [7, 11) is 0. The Hall–Kier alpha value is -6.49. The van der Waals surface area contributed by atoms with Crippen molar-refractivity contribution in [3.8, 4) is 22.3 Å². The van der Waals surface area contributed by atoms with Crippen molar-refractivity contribution in [2.45, 2.75) is 6.04 Å². The quantitative estimate of drug-likeness (QED) is 0.201. The number of hydrogen-bond donors (Lipinski definition) is 1. The molecule has 0 saturated heterocycles. The minimum absolute atomic E-state index is 0.257. The van der Waals surface area contributed by atoms with Crippen LogP contribution in [0.2, 0.25) is 0 Å². The lowest BCUT2D eigenvalue weighted by Gasteiger charge is -2.25. The smallest absolute Gasteiger partial charge is 0.143 e. The molecule has 0 spiro atoms. The summed E-state index contributed by atoms with van der Waals surface area (Å²) in [5.74, 6) is 0.869. The average molecular weight is 683 g/mol. The average Bonchev–Trinajstić information content (AvgIpc) is 3.78. The van der Waals surface area contributed by atoms with Crippen LogP contribution in [0.4, 0.5) is 5.00 Å². The standard InChI is InChI=1S/C48H30N2OS/c1-2-11-29(12-3-1)30-21-23-32(24-22-30)47-49-45(44-38-18-8-9-20-42(38)52-48(44)50-47)39-26-25-37(36-19-10-16-31-13-6-7-17-35(31)36)46-43(39)40-27-33-14-4-5-15-34(33)28-41(40)51-46/h1-28,45H,(H,49,50). The second-order valence-electron chi connectivity index (χ2n) is 13.5. The molecule has 0 amide bonds. The van der Waals surface area contributed by atoms with Gasteiger partial charge < -0.3 is 9.73 Å². The molecule has 0 bridgehead atoms. The Balaban J connectivity index is 1.18. The number of hydrogen-bond acceptors (Lipinski definition) is 4. The highest BCUT2D eigenvalue weighted by atomic mass is 32.1. The predicted molar refractivity (Wildman–Crippen MR) is 220 cm³/mol. The van der Waals surface area contributed by atoms with E-state index in [0.29, 0.717) is 0 Å². The first-order chi connectivity index (χ1) is 25.8. The highest BCUT2D eigenvalue weighted by molar-refractivity contribution is 7.23. The molecule has 4 heteroatoms. The summed E-state index contributed by atoms with van der Waals surface area (Å²) in [4.78, 5) is 5.61. The summed E-state index contributed by atoms with van der Waals surface area (Å²) in [6, 6.07) is 60.4. The molecule has 10 aromatic rings. The third-order valence-corrected chi connectivity index (χ3v) is 11.7. The first-order valence-corrected chi connectivity index (χ1v) is 18.5. The van der Waals surface area contributed by atoms with Crippen LogP contribution in [0.5, 0.6) is 0 Å². The van der Waals surface area contributed by atoms with Crippen molar-refractivity contribution in [3.05, 3.63) is 187 Å². The molecule has 2 aromatic heterocycles. The van der Waals surface area contributed by atoms with Crippen LogP contribution in [0.15, 0.2) is 179 Å². The molecular weight excluding hydrogens is 653 g/mol. The maximum atomic E-state index is 6.99. The fourth-order valence-electron chi connectivity index (χ4n) is 8.08. The lowest BCUT2D eigenvalue weighted by atomic mass is 9.89. The second-order valence-corrected chi connectivity index (χ2v) is 14.6. The van der Waals surface area contributed by atoms with Crippen LogP contribution in [0.25, 0.3) is 75.8 Å². The second kappa shape index (κ2) is 11.5. The zero-order chi connectivity index (χ0) is 34.2. The van der Waals surface area contributed by atoms with Gasteiger partial charge in [-0.25, -0.2) is 0 Å². The SMILES string of the molecule is c1ccc(-c2ccc(C3=NC(c4ccc(-c5cccc6ccccc56)c5oc6cc7ccccc7cc6c45)c4c(sc5ccccc45)N3)cc2)cc1. The minimum atomic E-state index is -0.257. The number of benzene rings is 8. The molecule has 244 valence electrons. The first kappa shape index (κ1) is 29.3. The molecule has 0 fully saturated rings. The molecule has 1 unspecified atom stereocenters. The van der Waals surface area contributed by atoms with Gasteiger partial charge in [-0.05, 0) is 62.0 Å². The molecule has 0 saturated carbocycles. The Morgan fingerprint density at radius 2 is 1.19 bits per heavy atom. The molecule has 3 heterocycles. The third kappa shape index (κ3) is 4.55. The van der Waals surface area contributed by atoms with Gasteiger partial charge in [0, 0.05) is 37.5 Å². The molecule has 11 rings (SSSR count). The highest BCUT2D eigenvalue weighted by Crippen LogP contribution is 2.50. The van der Waals surface area contributed by atoms with Gasteiger partial charge in [0.05, 0.1) is 0 Å². The number of thiophene rings is 1. The van der Waals surface area contributed by atoms with Crippen LogP contribution < -0.4 is 5.32 Å². The van der Waals surface area contributed by atoms with Crippen LogP contribution in [-0.4, -0.2) is 5.84 Å². The number of nitrogens with zero attached hydrogens (tertiary/aromatic N) is 1. The summed E-state index contributed by atoms with van der Waals surface area (Å²) in [6.45, 7) is 0. The van der Waals surface area contributed by atoms with Crippen molar-refractivity contribution in [1.29, 1.82) is 0 Å². The van der Waals surface area contributed by atoms with E-state index in [2.05, 4.69) is 175 Å². The molecule has 0 aliphatic carbocycles. The number of nitrogens with one attached hydrogen (secondary N) is 1. The molecule has 52 heavy (non-hydrogen) atoms. The van der Waals surface area contributed by atoms with Gasteiger partial charge in [-0.1, -0.05) is 152 Å². The van der Waals surface area contributed by atoms with Crippen LogP contribution in [0, 0.1) is 0 Å². The largest absolute Gasteiger partial charge is 0.455 e. The van der Waals surface area contributed by atoms with Crippen molar-refractivity contribution < 1.29 is 4.42 Å². The lowest BCUT2D eigenvalue weighted by Crippen LogP contribution is -2.21. The predicted octanol–water partition coefficient (Wildman–Crippen LogP) is 13.4. The Kier molecular flexibility index (Phi) is 6.48. The van der Waals surface area contributed by atoms with Gasteiger partial charge >= 0.3 is 0 Å². The lowest BCUT2D eigenvalue weighted by molar-refractivity contribution is 0.670. The highest BCUT2D eigenvalue weighted by Gasteiger charge is 2.31. The molecule has 1 N–H and O–H groups in total. The van der Waals surface area contributed by atoms with E-state index in [1.165, 1.54) is 42.9 Å². The Morgan fingerprint density at radius 1 is 0.519 bits per heavy atom. The van der Waals surface area contributed by atoms with Gasteiger partial charge in [-0.3, -0.25) is 4.99 Å². The summed E-state index contributed by atoms with van der Waals surface area (Å²) >= 11 is 1.80. The molecular formula is C48H30N2OS. The fraction of sp³-hybridized carbons (Fsp3) is 0.0208. The third-order valence-electron chi connectivity index (χ3n) is 10.6. The van der Waals surface area contributed by atoms with Gasteiger partial charge in [0.2, 0.25) is 0 Å². The van der Waals surface area contributed by atoms with Gasteiger partial charge in [-0.15, -0.1) is 11.3 Å². The van der Waals surface area contributed by atoms with Crippen LogP contribution in [0.3, 0.4) is 0 Å². The van der Waals surface area contributed by atoms with E-state index in [1.54, 1.807) is 11.3 Å². The van der Waals surface area contributed by atoms with E-state index < -0.39 is 0 Å². The number of aliphatic imine (C=N–C) groups is 1. The Bertz CT molecular complexity index is 3040. The summed E-state index contributed by atoms with van der Waals surface area (Å²) < 4.78 is 8.23. The topological polar surface area (TPSA) is 37.5 Å². The van der Waals surface area contributed by atoms with Crippen LogP contribution >= 0.6 is 11.3 Å². The summed E-state index contributed by atoms with van der Waals surface area (Å²) in [5.41, 5.74) is 9.80. The zero-order valence-electron chi connectivity index (χ0n) is 28.0. The number of rotatable bonds is 4. The van der Waals surface area contributed by atoms with Crippen molar-refractivity contribution >= 4 is 75.7 Å². The molecule has 0 radical (unpaired) electrons. The van der Waals surface area contributed by atoms with Crippen molar-refractivity contribution in [3.63, 3.8) is 0 Å². The van der Waals surface area contributed by atoms with Gasteiger partial charge in [0.15, 0.2) is 0 Å². The molecule has 1 aliphatic rings. The number of amidine groups is 1. The van der Waals surface area contributed by atoms with Gasteiger partial charge in [0.1, 0.15) is 28.0 Å². The first-order valence-electron chi connectivity index (χ1n) is 17.6. The Morgan fingerprint density at radius 3 is 2.04 bits per heavy atom. The summed E-state index contributed by atoms with van der Waals surface area (Å²) in [5, 5.41) is 13.1. The van der Waals surface area contributed by atoms with Crippen LogP contribution in [-0.2, 0) is 0 Å². The summed E-state index contributed by atoms with van der Waals surface area (Å²) in [6.07, 6.45) is 0. The molecule has 1 aliphatic heterocycles. The molecule has 1 atom stereocenters. The maximum Gasteiger partial charge on any atom is 0.143 e.